The monoisotopic (exact) mass is 160 g/mol. The SMILES string of the molecule is [c]1cccc(-c2cncs2)c1. The Hall–Kier alpha value is -1.15. The van der Waals surface area contributed by atoms with Crippen LogP contribution in [0.25, 0.3) is 10.4 Å². The first kappa shape index (κ1) is 6.55. The van der Waals surface area contributed by atoms with Crippen LogP contribution in [0.15, 0.2) is 36.0 Å². The van der Waals surface area contributed by atoms with E-state index in [2.05, 4.69) is 17.1 Å². The van der Waals surface area contributed by atoms with Crippen LogP contribution in [-0.2, 0) is 0 Å². The van der Waals surface area contributed by atoms with Gasteiger partial charge in [0.2, 0.25) is 0 Å². The average molecular weight is 160 g/mol. The normalized spacial score (nSPS) is 9.82. The molecule has 0 atom stereocenters. The molecule has 1 radical (unpaired) electrons. The molecule has 0 aliphatic heterocycles. The van der Waals surface area contributed by atoms with Gasteiger partial charge >= 0.3 is 0 Å². The summed E-state index contributed by atoms with van der Waals surface area (Å²) in [6, 6.07) is 10.9. The molecule has 11 heavy (non-hydrogen) atoms. The number of thiazole rings is 1. The standard InChI is InChI=1S/C9H6NS/c1-2-4-8(5-3-1)9-6-10-7-11-9/h1-2,4-7H. The number of nitrogens with zero attached hydrogens (tertiary/aromatic N) is 1. The van der Waals surface area contributed by atoms with E-state index in [1.807, 2.05) is 29.9 Å². The highest BCUT2D eigenvalue weighted by Crippen LogP contribution is 2.21. The van der Waals surface area contributed by atoms with Crippen LogP contribution in [-0.4, -0.2) is 4.98 Å². The lowest BCUT2D eigenvalue weighted by Gasteiger charge is -1.91. The second kappa shape index (κ2) is 2.84. The summed E-state index contributed by atoms with van der Waals surface area (Å²) < 4.78 is 0. The Kier molecular flexibility index (Phi) is 1.69. The Labute approximate surface area is 69.3 Å². The van der Waals surface area contributed by atoms with E-state index in [1.54, 1.807) is 11.3 Å². The van der Waals surface area contributed by atoms with Gasteiger partial charge in [-0.15, -0.1) is 11.3 Å². The third-order valence-electron chi connectivity index (χ3n) is 1.42. The lowest BCUT2D eigenvalue weighted by atomic mass is 10.2. The van der Waals surface area contributed by atoms with Gasteiger partial charge in [-0.05, 0) is 17.7 Å². The first-order valence-electron chi connectivity index (χ1n) is 3.32. The minimum absolute atomic E-state index is 1.19. The maximum atomic E-state index is 4.00. The van der Waals surface area contributed by atoms with Gasteiger partial charge in [-0.3, -0.25) is 4.98 Å². The van der Waals surface area contributed by atoms with Gasteiger partial charge in [0, 0.05) is 6.20 Å². The Balaban J connectivity index is 2.46. The molecular formula is C9H6NS. The Morgan fingerprint density at radius 2 is 2.45 bits per heavy atom. The number of rotatable bonds is 1. The van der Waals surface area contributed by atoms with E-state index < -0.39 is 0 Å². The minimum atomic E-state index is 1.19. The van der Waals surface area contributed by atoms with Crippen molar-refractivity contribution in [1.82, 2.24) is 4.98 Å². The van der Waals surface area contributed by atoms with Crippen LogP contribution in [0.4, 0.5) is 0 Å². The van der Waals surface area contributed by atoms with Crippen molar-refractivity contribution in [1.29, 1.82) is 0 Å². The fourth-order valence-electron chi connectivity index (χ4n) is 0.905. The number of hydrogen-bond donors (Lipinski definition) is 0. The molecule has 2 rings (SSSR count). The fraction of sp³-hybridized carbons (Fsp3) is 0. The van der Waals surface area contributed by atoms with Crippen LogP contribution in [0, 0.1) is 6.07 Å². The van der Waals surface area contributed by atoms with Crippen molar-refractivity contribution < 1.29 is 0 Å². The molecule has 2 heteroatoms. The lowest BCUT2D eigenvalue weighted by Crippen LogP contribution is -1.68. The van der Waals surface area contributed by atoms with Crippen molar-refractivity contribution in [2.45, 2.75) is 0 Å². The Morgan fingerprint density at radius 3 is 3.09 bits per heavy atom. The number of hydrogen-bond acceptors (Lipinski definition) is 2. The van der Waals surface area contributed by atoms with Gasteiger partial charge in [0.25, 0.3) is 0 Å². The van der Waals surface area contributed by atoms with Crippen LogP contribution >= 0.6 is 11.3 Å². The highest BCUT2D eigenvalue weighted by atomic mass is 32.1. The lowest BCUT2D eigenvalue weighted by molar-refractivity contribution is 1.42. The minimum Gasteiger partial charge on any atom is -0.252 e. The first-order chi connectivity index (χ1) is 5.47. The molecule has 0 unspecified atom stereocenters. The molecule has 0 fully saturated rings. The molecule has 1 heterocycles. The second-order valence-corrected chi connectivity index (χ2v) is 3.04. The zero-order valence-electron chi connectivity index (χ0n) is 5.82. The van der Waals surface area contributed by atoms with E-state index in [1.165, 1.54) is 10.4 Å². The molecule has 1 aromatic carbocycles. The molecule has 0 N–H and O–H groups in total. The van der Waals surface area contributed by atoms with E-state index in [4.69, 9.17) is 0 Å². The van der Waals surface area contributed by atoms with Crippen LogP contribution in [0.3, 0.4) is 0 Å². The molecule has 1 aromatic heterocycles. The third-order valence-corrected chi connectivity index (χ3v) is 2.25. The summed E-state index contributed by atoms with van der Waals surface area (Å²) in [4.78, 5) is 5.20. The number of benzene rings is 1. The van der Waals surface area contributed by atoms with Gasteiger partial charge in [-0.1, -0.05) is 18.2 Å². The molecule has 0 saturated carbocycles. The highest BCUT2D eigenvalue weighted by molar-refractivity contribution is 7.13. The van der Waals surface area contributed by atoms with Gasteiger partial charge in [0.15, 0.2) is 0 Å². The molecule has 2 aromatic rings. The summed E-state index contributed by atoms with van der Waals surface area (Å²) in [5.41, 5.74) is 3.03. The average Bonchev–Trinajstić information content (AvgIpc) is 2.58. The summed E-state index contributed by atoms with van der Waals surface area (Å²) in [7, 11) is 0. The van der Waals surface area contributed by atoms with E-state index in [9.17, 15) is 0 Å². The Morgan fingerprint density at radius 1 is 1.45 bits per heavy atom. The maximum absolute atomic E-state index is 4.00. The Bertz CT molecular complexity index is 313. The largest absolute Gasteiger partial charge is 0.252 e. The van der Waals surface area contributed by atoms with E-state index in [-0.39, 0.29) is 0 Å². The summed E-state index contributed by atoms with van der Waals surface area (Å²) in [5, 5.41) is 0. The van der Waals surface area contributed by atoms with E-state index >= 15 is 0 Å². The molecule has 0 bridgehead atoms. The van der Waals surface area contributed by atoms with E-state index in [0.717, 1.165) is 0 Å². The van der Waals surface area contributed by atoms with Crippen LogP contribution in [0.2, 0.25) is 0 Å². The molecule has 0 saturated heterocycles. The predicted molar refractivity (Wildman–Crippen MR) is 46.4 cm³/mol. The van der Waals surface area contributed by atoms with Gasteiger partial charge in [0.05, 0.1) is 10.4 Å². The highest BCUT2D eigenvalue weighted by Gasteiger charge is 1.95. The molecule has 0 aliphatic carbocycles. The van der Waals surface area contributed by atoms with Crippen molar-refractivity contribution in [3.05, 3.63) is 42.0 Å². The summed E-state index contributed by atoms with van der Waals surface area (Å²) in [5.74, 6) is 0. The third kappa shape index (κ3) is 1.30. The molecule has 0 amide bonds. The molecule has 53 valence electrons. The van der Waals surface area contributed by atoms with Crippen LogP contribution in [0.5, 0.6) is 0 Å². The molecule has 0 spiro atoms. The summed E-state index contributed by atoms with van der Waals surface area (Å²) in [6.45, 7) is 0. The quantitative estimate of drug-likeness (QED) is 0.625. The number of aromatic nitrogens is 1. The second-order valence-electron chi connectivity index (χ2n) is 2.16. The molecule has 0 aliphatic rings. The summed E-state index contributed by atoms with van der Waals surface area (Å²) in [6.07, 6.45) is 1.87. The smallest absolute Gasteiger partial charge is 0.0797 e. The van der Waals surface area contributed by atoms with Crippen molar-refractivity contribution >= 4 is 11.3 Å². The van der Waals surface area contributed by atoms with Gasteiger partial charge in [-0.25, -0.2) is 0 Å². The van der Waals surface area contributed by atoms with Gasteiger partial charge < -0.3 is 0 Å². The van der Waals surface area contributed by atoms with Crippen molar-refractivity contribution in [2.24, 2.45) is 0 Å². The van der Waals surface area contributed by atoms with Crippen LogP contribution < -0.4 is 0 Å². The summed E-state index contributed by atoms with van der Waals surface area (Å²) >= 11 is 1.64. The van der Waals surface area contributed by atoms with Crippen molar-refractivity contribution in [3.63, 3.8) is 0 Å². The maximum Gasteiger partial charge on any atom is 0.0797 e. The van der Waals surface area contributed by atoms with Gasteiger partial charge in [0.1, 0.15) is 0 Å². The van der Waals surface area contributed by atoms with Crippen molar-refractivity contribution in [2.75, 3.05) is 0 Å². The van der Waals surface area contributed by atoms with Gasteiger partial charge in [-0.2, -0.15) is 0 Å². The van der Waals surface area contributed by atoms with E-state index in [0.29, 0.717) is 0 Å². The molecular weight excluding hydrogens is 154 g/mol. The fourth-order valence-corrected chi connectivity index (χ4v) is 1.52. The molecule has 1 nitrogen and oxygen atoms in total. The van der Waals surface area contributed by atoms with Crippen molar-refractivity contribution in [3.8, 4) is 10.4 Å². The predicted octanol–water partition coefficient (Wildman–Crippen LogP) is 2.61. The van der Waals surface area contributed by atoms with Crippen LogP contribution in [0.1, 0.15) is 0 Å². The topological polar surface area (TPSA) is 12.9 Å². The first-order valence-corrected chi connectivity index (χ1v) is 4.20. The zero-order valence-corrected chi connectivity index (χ0v) is 6.64. The zero-order chi connectivity index (χ0) is 7.52.